The van der Waals surface area contributed by atoms with E-state index in [0.717, 1.165) is 12.8 Å². The second-order valence-corrected chi connectivity index (χ2v) is 11.8. The summed E-state index contributed by atoms with van der Waals surface area (Å²) >= 11 is 0. The van der Waals surface area contributed by atoms with E-state index in [0.29, 0.717) is 0 Å². The summed E-state index contributed by atoms with van der Waals surface area (Å²) < 4.78 is 0. The molecule has 0 spiro atoms. The number of allylic oxidation sites excluding steroid dienone is 6. The van der Waals surface area contributed by atoms with E-state index >= 15 is 0 Å². The Balaban J connectivity index is 1.50. The molecule has 0 nitrogen and oxygen atoms in total. The minimum atomic E-state index is -0.0166. The summed E-state index contributed by atoms with van der Waals surface area (Å²) in [5, 5.41) is 0. The molecule has 0 atom stereocenters. The number of rotatable bonds is 4. The van der Waals surface area contributed by atoms with Crippen molar-refractivity contribution in [3.8, 4) is 33.4 Å². The Hall–Kier alpha value is -3.90. The van der Waals surface area contributed by atoms with Gasteiger partial charge in [0.1, 0.15) is 0 Å². The van der Waals surface area contributed by atoms with Gasteiger partial charge in [0.2, 0.25) is 0 Å². The van der Waals surface area contributed by atoms with Crippen LogP contribution in [0.15, 0.2) is 103 Å². The van der Waals surface area contributed by atoms with Gasteiger partial charge in [0.25, 0.3) is 0 Å². The van der Waals surface area contributed by atoms with Gasteiger partial charge >= 0.3 is 0 Å². The average molecular weight is 507 g/mol. The third kappa shape index (κ3) is 4.23. The molecule has 0 amide bonds. The molecule has 0 heteroatoms. The summed E-state index contributed by atoms with van der Waals surface area (Å²) in [6.07, 6.45) is 11.2. The Morgan fingerprint density at radius 3 is 2.10 bits per heavy atom. The Bertz CT molecular complexity index is 1700. The van der Waals surface area contributed by atoms with E-state index in [4.69, 9.17) is 0 Å². The normalized spacial score (nSPS) is 15.6. The summed E-state index contributed by atoms with van der Waals surface area (Å²) in [5.41, 5.74) is 19.0. The van der Waals surface area contributed by atoms with Gasteiger partial charge in [-0.1, -0.05) is 92.7 Å². The third-order valence-electron chi connectivity index (χ3n) is 8.91. The SMILES string of the molecule is C/C=C\C1=C(c2cc(-c3ccc4c(c3)-c3cc(-c5ccccc5C)c(C)cc3C4(C)C)ccc2C)CCC=C1. The second kappa shape index (κ2) is 9.69. The van der Waals surface area contributed by atoms with Crippen LogP contribution in [0.4, 0.5) is 0 Å². The lowest BCUT2D eigenvalue weighted by Gasteiger charge is -2.23. The summed E-state index contributed by atoms with van der Waals surface area (Å²) in [7, 11) is 0. The van der Waals surface area contributed by atoms with Crippen LogP contribution in [0.25, 0.3) is 39.0 Å². The largest absolute Gasteiger partial charge is 0.0871 e. The van der Waals surface area contributed by atoms with Gasteiger partial charge in [0, 0.05) is 5.41 Å². The van der Waals surface area contributed by atoms with Gasteiger partial charge in [0.15, 0.2) is 0 Å². The number of hydrogen-bond donors (Lipinski definition) is 0. The van der Waals surface area contributed by atoms with Crippen LogP contribution in [-0.2, 0) is 5.41 Å². The zero-order valence-corrected chi connectivity index (χ0v) is 24.2. The number of aryl methyl sites for hydroxylation is 3. The van der Waals surface area contributed by atoms with Crippen molar-refractivity contribution in [3.05, 3.63) is 136 Å². The topological polar surface area (TPSA) is 0 Å². The highest BCUT2D eigenvalue weighted by Gasteiger charge is 2.36. The zero-order valence-electron chi connectivity index (χ0n) is 24.2. The van der Waals surface area contributed by atoms with Crippen LogP contribution in [0.5, 0.6) is 0 Å². The highest BCUT2D eigenvalue weighted by Crippen LogP contribution is 2.51. The molecule has 0 unspecified atom stereocenters. The van der Waals surface area contributed by atoms with E-state index in [9.17, 15) is 0 Å². The predicted molar refractivity (Wildman–Crippen MR) is 169 cm³/mol. The fraction of sp³-hybridized carbons (Fsp3) is 0.231. The number of benzene rings is 4. The van der Waals surface area contributed by atoms with Crippen molar-refractivity contribution in [1.29, 1.82) is 0 Å². The van der Waals surface area contributed by atoms with E-state index in [-0.39, 0.29) is 5.41 Å². The Morgan fingerprint density at radius 2 is 1.33 bits per heavy atom. The Kier molecular flexibility index (Phi) is 6.31. The van der Waals surface area contributed by atoms with Crippen molar-refractivity contribution in [3.63, 3.8) is 0 Å². The lowest BCUT2D eigenvalue weighted by Crippen LogP contribution is -2.15. The van der Waals surface area contributed by atoms with Gasteiger partial charge in [-0.05, 0) is 137 Å². The molecule has 2 aliphatic carbocycles. The quantitative estimate of drug-likeness (QED) is 0.258. The van der Waals surface area contributed by atoms with Gasteiger partial charge < -0.3 is 0 Å². The van der Waals surface area contributed by atoms with Gasteiger partial charge in [-0.3, -0.25) is 0 Å². The first-order chi connectivity index (χ1) is 18.8. The summed E-state index contributed by atoms with van der Waals surface area (Å²) in [6, 6.07) is 27.8. The number of hydrogen-bond acceptors (Lipinski definition) is 0. The molecule has 2 aliphatic rings. The first kappa shape index (κ1) is 25.4. The predicted octanol–water partition coefficient (Wildman–Crippen LogP) is 10.9. The maximum absolute atomic E-state index is 2.45. The molecular formula is C39H38. The molecule has 0 saturated heterocycles. The van der Waals surface area contributed by atoms with Crippen LogP contribution in [-0.4, -0.2) is 0 Å². The van der Waals surface area contributed by atoms with Crippen LogP contribution in [0.3, 0.4) is 0 Å². The van der Waals surface area contributed by atoms with E-state index in [2.05, 4.69) is 139 Å². The highest BCUT2D eigenvalue weighted by molar-refractivity contribution is 5.89. The summed E-state index contributed by atoms with van der Waals surface area (Å²) in [4.78, 5) is 0. The smallest absolute Gasteiger partial charge is 0.0158 e. The highest BCUT2D eigenvalue weighted by atomic mass is 14.4. The van der Waals surface area contributed by atoms with E-state index in [1.54, 1.807) is 0 Å². The number of fused-ring (bicyclic) bond motifs is 3. The first-order valence-corrected chi connectivity index (χ1v) is 14.3. The minimum absolute atomic E-state index is 0.0166. The monoisotopic (exact) mass is 506 g/mol. The fourth-order valence-corrected chi connectivity index (χ4v) is 6.69. The molecule has 0 N–H and O–H groups in total. The lowest BCUT2D eigenvalue weighted by molar-refractivity contribution is 0.660. The summed E-state index contributed by atoms with van der Waals surface area (Å²) in [5.74, 6) is 0. The van der Waals surface area contributed by atoms with E-state index in [1.165, 1.54) is 77.9 Å². The van der Waals surface area contributed by atoms with Crippen molar-refractivity contribution in [2.24, 2.45) is 0 Å². The van der Waals surface area contributed by atoms with Gasteiger partial charge in [-0.25, -0.2) is 0 Å². The molecule has 6 rings (SSSR count). The van der Waals surface area contributed by atoms with Crippen molar-refractivity contribution in [2.45, 2.75) is 59.8 Å². The molecular weight excluding hydrogens is 468 g/mol. The molecule has 39 heavy (non-hydrogen) atoms. The maximum atomic E-state index is 2.45. The molecule has 0 fully saturated rings. The van der Waals surface area contributed by atoms with Crippen molar-refractivity contribution >= 4 is 5.57 Å². The lowest BCUT2D eigenvalue weighted by atomic mass is 9.81. The Labute approximate surface area is 234 Å². The summed E-state index contributed by atoms with van der Waals surface area (Å²) in [6.45, 7) is 13.6. The van der Waals surface area contributed by atoms with Gasteiger partial charge in [0.05, 0.1) is 0 Å². The average Bonchev–Trinajstić information content (AvgIpc) is 3.15. The molecule has 0 radical (unpaired) electrons. The third-order valence-corrected chi connectivity index (χ3v) is 8.91. The molecule has 0 aromatic heterocycles. The van der Waals surface area contributed by atoms with Crippen molar-refractivity contribution in [1.82, 2.24) is 0 Å². The second-order valence-electron chi connectivity index (χ2n) is 11.8. The first-order valence-electron chi connectivity index (χ1n) is 14.3. The molecule has 4 aromatic carbocycles. The van der Waals surface area contributed by atoms with Crippen LogP contribution >= 0.6 is 0 Å². The zero-order chi connectivity index (χ0) is 27.3. The standard InChI is InChI=1S/C39H38/c1-7-12-28-14-9-11-16-32(28)33-22-29(18-17-26(33)3)30-19-20-37-35(23-30)36-24-34(31-15-10-8-13-25(31)2)27(4)21-38(36)39(37,5)6/h7-10,12-15,17-24H,11,16H2,1-6H3/b12-7-. The van der Waals surface area contributed by atoms with E-state index in [1.807, 2.05) is 0 Å². The van der Waals surface area contributed by atoms with Crippen molar-refractivity contribution in [2.75, 3.05) is 0 Å². The van der Waals surface area contributed by atoms with E-state index < -0.39 is 0 Å². The van der Waals surface area contributed by atoms with Crippen molar-refractivity contribution < 1.29 is 0 Å². The van der Waals surface area contributed by atoms with Crippen LogP contribution < -0.4 is 0 Å². The molecule has 0 heterocycles. The minimum Gasteiger partial charge on any atom is -0.0871 e. The molecule has 0 saturated carbocycles. The maximum Gasteiger partial charge on any atom is 0.0158 e. The molecule has 0 bridgehead atoms. The molecule has 4 aromatic rings. The van der Waals surface area contributed by atoms with Gasteiger partial charge in [-0.15, -0.1) is 0 Å². The van der Waals surface area contributed by atoms with Crippen LogP contribution in [0, 0.1) is 20.8 Å². The van der Waals surface area contributed by atoms with Gasteiger partial charge in [-0.2, -0.15) is 0 Å². The molecule has 0 aliphatic heterocycles. The van der Waals surface area contributed by atoms with Crippen LogP contribution in [0.2, 0.25) is 0 Å². The Morgan fingerprint density at radius 1 is 0.641 bits per heavy atom. The van der Waals surface area contributed by atoms with Crippen LogP contribution in [0.1, 0.15) is 67.0 Å². The fourth-order valence-electron chi connectivity index (χ4n) is 6.69. The molecule has 194 valence electrons.